The molecule has 0 saturated heterocycles. The molecule has 1 aliphatic heterocycles. The number of nitrogens with one attached hydrogen (secondary N) is 1. The first kappa shape index (κ1) is 13.4. The molecule has 0 atom stereocenters. The SMILES string of the molecule is Cc1ccc(CNC(=O)c2ccc3c(n2)CC(=O)CO3)o1. The number of ketones is 1. The van der Waals surface area contributed by atoms with Gasteiger partial charge in [0.1, 0.15) is 29.6 Å². The topological polar surface area (TPSA) is 81.4 Å². The van der Waals surface area contributed by atoms with Crippen LogP contribution >= 0.6 is 0 Å². The molecular formula is C15H14N2O4. The molecule has 6 nitrogen and oxygen atoms in total. The number of nitrogens with zero attached hydrogens (tertiary/aromatic N) is 1. The highest BCUT2D eigenvalue weighted by molar-refractivity contribution is 5.92. The fourth-order valence-electron chi connectivity index (χ4n) is 2.11. The molecule has 2 aromatic heterocycles. The third-order valence-corrected chi connectivity index (χ3v) is 3.14. The molecule has 3 rings (SSSR count). The summed E-state index contributed by atoms with van der Waals surface area (Å²) in [6.45, 7) is 2.20. The number of ether oxygens (including phenoxy) is 1. The monoisotopic (exact) mass is 286 g/mol. The van der Waals surface area contributed by atoms with Crippen LogP contribution in [0.4, 0.5) is 0 Å². The second-order valence-corrected chi connectivity index (χ2v) is 4.84. The molecule has 3 heterocycles. The Labute approximate surface area is 121 Å². The van der Waals surface area contributed by atoms with Crippen LogP contribution in [0.15, 0.2) is 28.7 Å². The maximum Gasteiger partial charge on any atom is 0.270 e. The van der Waals surface area contributed by atoms with E-state index in [0.29, 0.717) is 23.7 Å². The number of aryl methyl sites for hydroxylation is 1. The zero-order chi connectivity index (χ0) is 14.8. The summed E-state index contributed by atoms with van der Waals surface area (Å²) in [5, 5.41) is 2.73. The van der Waals surface area contributed by atoms with Crippen LogP contribution in [0.5, 0.6) is 5.75 Å². The van der Waals surface area contributed by atoms with Crippen LogP contribution in [-0.4, -0.2) is 23.3 Å². The highest BCUT2D eigenvalue weighted by atomic mass is 16.5. The molecule has 21 heavy (non-hydrogen) atoms. The van der Waals surface area contributed by atoms with Gasteiger partial charge in [-0.2, -0.15) is 0 Å². The van der Waals surface area contributed by atoms with Crippen LogP contribution in [0.2, 0.25) is 0 Å². The second-order valence-electron chi connectivity index (χ2n) is 4.84. The molecule has 1 aliphatic rings. The molecule has 1 N–H and O–H groups in total. The Bertz CT molecular complexity index is 705. The number of amides is 1. The smallest absolute Gasteiger partial charge is 0.270 e. The lowest BCUT2D eigenvalue weighted by atomic mass is 10.1. The Morgan fingerprint density at radius 3 is 2.95 bits per heavy atom. The van der Waals surface area contributed by atoms with Gasteiger partial charge in [0.05, 0.1) is 18.7 Å². The summed E-state index contributed by atoms with van der Waals surface area (Å²) in [7, 11) is 0. The molecule has 0 bridgehead atoms. The van der Waals surface area contributed by atoms with Crippen LogP contribution in [-0.2, 0) is 17.8 Å². The maximum absolute atomic E-state index is 12.1. The summed E-state index contributed by atoms with van der Waals surface area (Å²) in [5.41, 5.74) is 0.767. The molecule has 0 radical (unpaired) electrons. The van der Waals surface area contributed by atoms with Crippen molar-refractivity contribution in [1.29, 1.82) is 0 Å². The van der Waals surface area contributed by atoms with E-state index in [0.717, 1.165) is 5.76 Å². The van der Waals surface area contributed by atoms with Crippen molar-refractivity contribution < 1.29 is 18.7 Å². The molecule has 0 aliphatic carbocycles. The first-order valence-electron chi connectivity index (χ1n) is 6.60. The van der Waals surface area contributed by atoms with Gasteiger partial charge in [0.2, 0.25) is 0 Å². The molecular weight excluding hydrogens is 272 g/mol. The normalized spacial score (nSPS) is 13.5. The van der Waals surface area contributed by atoms with E-state index in [9.17, 15) is 9.59 Å². The van der Waals surface area contributed by atoms with Gasteiger partial charge >= 0.3 is 0 Å². The largest absolute Gasteiger partial charge is 0.484 e. The van der Waals surface area contributed by atoms with E-state index in [1.165, 1.54) is 0 Å². The summed E-state index contributed by atoms with van der Waals surface area (Å²) in [6.07, 6.45) is 0.202. The Balaban J connectivity index is 1.70. The number of furan rings is 1. The van der Waals surface area contributed by atoms with E-state index in [2.05, 4.69) is 10.3 Å². The van der Waals surface area contributed by atoms with Gasteiger partial charge in [-0.05, 0) is 31.2 Å². The van der Waals surface area contributed by atoms with E-state index >= 15 is 0 Å². The highest BCUT2D eigenvalue weighted by Crippen LogP contribution is 2.21. The number of rotatable bonds is 3. The third kappa shape index (κ3) is 2.94. The van der Waals surface area contributed by atoms with Crippen LogP contribution < -0.4 is 10.1 Å². The van der Waals surface area contributed by atoms with E-state index < -0.39 is 0 Å². The Kier molecular flexibility index (Phi) is 3.43. The van der Waals surface area contributed by atoms with Crippen molar-refractivity contribution >= 4 is 11.7 Å². The third-order valence-electron chi connectivity index (χ3n) is 3.14. The number of carbonyl (C=O) groups is 2. The molecule has 2 aromatic rings. The Morgan fingerprint density at radius 2 is 2.19 bits per heavy atom. The van der Waals surface area contributed by atoms with Gasteiger partial charge in [-0.15, -0.1) is 0 Å². The molecule has 6 heteroatoms. The standard InChI is InChI=1S/C15H14N2O4/c1-9-2-3-11(21-9)7-16-15(19)12-4-5-14-13(17-12)6-10(18)8-20-14/h2-5H,6-8H2,1H3,(H,16,19). The van der Waals surface area contributed by atoms with Crippen molar-refractivity contribution in [3.05, 3.63) is 47.2 Å². The lowest BCUT2D eigenvalue weighted by molar-refractivity contribution is -0.121. The number of hydrogen-bond donors (Lipinski definition) is 1. The van der Waals surface area contributed by atoms with Gasteiger partial charge in [-0.1, -0.05) is 0 Å². The van der Waals surface area contributed by atoms with Crippen LogP contribution in [0.3, 0.4) is 0 Å². The predicted molar refractivity (Wildman–Crippen MR) is 73.1 cm³/mol. The summed E-state index contributed by atoms with van der Waals surface area (Å²) in [4.78, 5) is 27.6. The van der Waals surface area contributed by atoms with Gasteiger partial charge in [-0.3, -0.25) is 9.59 Å². The zero-order valence-corrected chi connectivity index (χ0v) is 11.5. The van der Waals surface area contributed by atoms with Gasteiger partial charge in [0.15, 0.2) is 5.78 Å². The van der Waals surface area contributed by atoms with Gasteiger partial charge in [0.25, 0.3) is 5.91 Å². The molecule has 0 unspecified atom stereocenters. The van der Waals surface area contributed by atoms with Crippen LogP contribution in [0, 0.1) is 6.92 Å². The molecule has 0 aromatic carbocycles. The molecule has 0 saturated carbocycles. The molecule has 1 amide bonds. The van der Waals surface area contributed by atoms with E-state index in [-0.39, 0.29) is 30.4 Å². The predicted octanol–water partition coefficient (Wildman–Crippen LogP) is 1.42. The molecule has 0 spiro atoms. The average molecular weight is 286 g/mol. The highest BCUT2D eigenvalue weighted by Gasteiger charge is 2.20. The first-order valence-corrected chi connectivity index (χ1v) is 6.60. The minimum atomic E-state index is -0.315. The minimum Gasteiger partial charge on any atom is -0.484 e. The molecule has 108 valence electrons. The lowest BCUT2D eigenvalue weighted by Crippen LogP contribution is -2.26. The maximum atomic E-state index is 12.1. The quantitative estimate of drug-likeness (QED) is 0.922. The van der Waals surface area contributed by atoms with Crippen molar-refractivity contribution in [3.63, 3.8) is 0 Å². The van der Waals surface area contributed by atoms with Gasteiger partial charge < -0.3 is 14.5 Å². The zero-order valence-electron chi connectivity index (χ0n) is 11.5. The van der Waals surface area contributed by atoms with Crippen LogP contribution in [0.1, 0.15) is 27.7 Å². The minimum absolute atomic E-state index is 0.0429. The fourth-order valence-corrected chi connectivity index (χ4v) is 2.11. The Morgan fingerprint density at radius 1 is 1.33 bits per heavy atom. The van der Waals surface area contributed by atoms with E-state index in [4.69, 9.17) is 9.15 Å². The van der Waals surface area contributed by atoms with Crippen LogP contribution in [0.25, 0.3) is 0 Å². The van der Waals surface area contributed by atoms with Crippen molar-refractivity contribution in [2.45, 2.75) is 19.9 Å². The number of hydrogen-bond acceptors (Lipinski definition) is 5. The van der Waals surface area contributed by atoms with E-state index in [1.54, 1.807) is 12.1 Å². The summed E-state index contributed by atoms with van der Waals surface area (Å²) >= 11 is 0. The van der Waals surface area contributed by atoms with Crippen molar-refractivity contribution in [2.24, 2.45) is 0 Å². The summed E-state index contributed by atoms with van der Waals surface area (Å²) in [6, 6.07) is 6.89. The number of Topliss-reactive ketones (excluding diaryl/α,β-unsaturated/α-hetero) is 1. The Hall–Kier alpha value is -2.63. The second kappa shape index (κ2) is 5.40. The number of carbonyl (C=O) groups excluding carboxylic acids is 2. The van der Waals surface area contributed by atoms with Crippen molar-refractivity contribution in [1.82, 2.24) is 10.3 Å². The summed E-state index contributed by atoms with van der Waals surface area (Å²) in [5.74, 6) is 1.68. The van der Waals surface area contributed by atoms with Gasteiger partial charge in [0, 0.05) is 0 Å². The van der Waals surface area contributed by atoms with Crippen molar-refractivity contribution in [2.75, 3.05) is 6.61 Å². The van der Waals surface area contributed by atoms with Crippen molar-refractivity contribution in [3.8, 4) is 5.75 Å². The first-order chi connectivity index (χ1) is 10.1. The lowest BCUT2D eigenvalue weighted by Gasteiger charge is -2.15. The molecule has 0 fully saturated rings. The summed E-state index contributed by atoms with van der Waals surface area (Å²) < 4.78 is 10.6. The van der Waals surface area contributed by atoms with Gasteiger partial charge in [-0.25, -0.2) is 4.98 Å². The number of fused-ring (bicyclic) bond motifs is 1. The fraction of sp³-hybridized carbons (Fsp3) is 0.267. The number of aromatic nitrogens is 1. The average Bonchev–Trinajstić information content (AvgIpc) is 2.89. The number of pyridine rings is 1. The van der Waals surface area contributed by atoms with E-state index in [1.807, 2.05) is 19.1 Å².